The normalized spacial score (nSPS) is 23.5. The molecule has 2 N–H and O–H groups in total. The minimum absolute atomic E-state index is 0.0323. The van der Waals surface area contributed by atoms with E-state index in [-0.39, 0.29) is 23.9 Å². The minimum Gasteiger partial charge on any atom is -0.328 e. The van der Waals surface area contributed by atoms with Crippen LogP contribution < -0.4 is 5.73 Å². The smallest absolute Gasteiger partial charge is 0.229 e. The molecule has 2 atom stereocenters. The SMILES string of the molecule is CCC(C)CCC(=O)N(C(=O)CCC(C)CC)C1CCC(N)CC1. The molecular formula is C20H38N2O2. The Labute approximate surface area is 148 Å². The predicted octanol–water partition coefficient (Wildman–Crippen LogP) is 4.26. The van der Waals surface area contributed by atoms with Crippen molar-refractivity contribution in [1.29, 1.82) is 0 Å². The van der Waals surface area contributed by atoms with Gasteiger partial charge in [0.15, 0.2) is 0 Å². The quantitative estimate of drug-likeness (QED) is 0.683. The number of imide groups is 1. The van der Waals surface area contributed by atoms with E-state index >= 15 is 0 Å². The number of nitrogens with two attached hydrogens (primary N) is 1. The van der Waals surface area contributed by atoms with E-state index in [1.165, 1.54) is 0 Å². The molecule has 0 bridgehead atoms. The van der Waals surface area contributed by atoms with Crippen LogP contribution in [0.1, 0.15) is 91.9 Å². The number of carbonyl (C=O) groups is 2. The Kier molecular flexibility index (Phi) is 9.57. The lowest BCUT2D eigenvalue weighted by atomic mass is 9.89. The van der Waals surface area contributed by atoms with Crippen molar-refractivity contribution >= 4 is 11.8 Å². The van der Waals surface area contributed by atoms with Crippen LogP contribution in [0.4, 0.5) is 0 Å². The molecule has 0 heterocycles. The molecule has 0 aromatic rings. The fourth-order valence-electron chi connectivity index (χ4n) is 3.30. The first-order chi connectivity index (χ1) is 11.4. The molecule has 1 aliphatic carbocycles. The van der Waals surface area contributed by atoms with E-state index < -0.39 is 0 Å². The zero-order chi connectivity index (χ0) is 18.1. The van der Waals surface area contributed by atoms with Gasteiger partial charge < -0.3 is 5.73 Å². The van der Waals surface area contributed by atoms with Crippen LogP contribution in [-0.4, -0.2) is 28.8 Å². The lowest BCUT2D eigenvalue weighted by Gasteiger charge is -2.35. The van der Waals surface area contributed by atoms with Crippen LogP contribution >= 0.6 is 0 Å². The average Bonchev–Trinajstić information content (AvgIpc) is 2.59. The third kappa shape index (κ3) is 6.92. The number of carbonyl (C=O) groups excluding carboxylic acids is 2. The molecule has 4 heteroatoms. The number of hydrogen-bond acceptors (Lipinski definition) is 3. The van der Waals surface area contributed by atoms with Gasteiger partial charge in [-0.1, -0.05) is 40.5 Å². The maximum Gasteiger partial charge on any atom is 0.229 e. The molecule has 140 valence electrons. The second-order valence-corrected chi connectivity index (χ2v) is 7.83. The predicted molar refractivity (Wildman–Crippen MR) is 99.5 cm³/mol. The van der Waals surface area contributed by atoms with Gasteiger partial charge in [0.25, 0.3) is 0 Å². The second-order valence-electron chi connectivity index (χ2n) is 7.83. The van der Waals surface area contributed by atoms with Crippen LogP contribution in [0.5, 0.6) is 0 Å². The van der Waals surface area contributed by atoms with Crippen LogP contribution in [0.15, 0.2) is 0 Å². The van der Waals surface area contributed by atoms with Crippen LogP contribution in [0, 0.1) is 11.8 Å². The largest absolute Gasteiger partial charge is 0.328 e. The topological polar surface area (TPSA) is 63.4 Å². The molecule has 2 unspecified atom stereocenters. The summed E-state index contributed by atoms with van der Waals surface area (Å²) in [5.41, 5.74) is 5.99. The first-order valence-corrected chi connectivity index (χ1v) is 9.99. The molecule has 1 aliphatic rings. The van der Waals surface area contributed by atoms with Gasteiger partial charge in [-0.15, -0.1) is 0 Å². The molecule has 1 saturated carbocycles. The van der Waals surface area contributed by atoms with Gasteiger partial charge in [0.05, 0.1) is 0 Å². The number of nitrogens with zero attached hydrogens (tertiary/aromatic N) is 1. The van der Waals surface area contributed by atoms with Gasteiger partial charge in [0.2, 0.25) is 11.8 Å². The summed E-state index contributed by atoms with van der Waals surface area (Å²) in [6.45, 7) is 8.63. The van der Waals surface area contributed by atoms with Gasteiger partial charge in [0, 0.05) is 24.9 Å². The van der Waals surface area contributed by atoms with E-state index in [1.807, 2.05) is 0 Å². The van der Waals surface area contributed by atoms with Gasteiger partial charge in [-0.3, -0.25) is 14.5 Å². The van der Waals surface area contributed by atoms with Crippen molar-refractivity contribution in [1.82, 2.24) is 4.90 Å². The van der Waals surface area contributed by atoms with Gasteiger partial charge in [-0.05, 0) is 50.4 Å². The highest BCUT2D eigenvalue weighted by molar-refractivity contribution is 5.95. The number of rotatable bonds is 9. The van der Waals surface area contributed by atoms with Gasteiger partial charge >= 0.3 is 0 Å². The first-order valence-electron chi connectivity index (χ1n) is 9.99. The van der Waals surface area contributed by atoms with Crippen molar-refractivity contribution in [3.8, 4) is 0 Å². The van der Waals surface area contributed by atoms with Crippen LogP contribution in [0.3, 0.4) is 0 Å². The highest BCUT2D eigenvalue weighted by Crippen LogP contribution is 2.25. The van der Waals surface area contributed by atoms with E-state index in [4.69, 9.17) is 5.73 Å². The zero-order valence-corrected chi connectivity index (χ0v) is 16.2. The molecule has 2 amide bonds. The van der Waals surface area contributed by atoms with Gasteiger partial charge in [0.1, 0.15) is 0 Å². The summed E-state index contributed by atoms with van der Waals surface area (Å²) in [7, 11) is 0. The molecule has 0 aliphatic heterocycles. The number of hydrogen-bond donors (Lipinski definition) is 1. The molecule has 0 spiro atoms. The fourth-order valence-corrected chi connectivity index (χ4v) is 3.30. The molecule has 0 aromatic heterocycles. The van der Waals surface area contributed by atoms with Crippen LogP contribution in [0.2, 0.25) is 0 Å². The second kappa shape index (κ2) is 10.9. The van der Waals surface area contributed by atoms with E-state index in [0.29, 0.717) is 24.7 Å². The molecular weight excluding hydrogens is 300 g/mol. The summed E-state index contributed by atoms with van der Waals surface area (Å²) in [5.74, 6) is 1.13. The van der Waals surface area contributed by atoms with E-state index in [2.05, 4.69) is 27.7 Å². The monoisotopic (exact) mass is 338 g/mol. The Morgan fingerprint density at radius 1 is 0.917 bits per heavy atom. The third-order valence-electron chi connectivity index (χ3n) is 5.74. The summed E-state index contributed by atoms with van der Waals surface area (Å²) in [6, 6.07) is 0.298. The third-order valence-corrected chi connectivity index (χ3v) is 5.74. The average molecular weight is 339 g/mol. The van der Waals surface area contributed by atoms with Crippen molar-refractivity contribution in [3.63, 3.8) is 0 Å². The van der Waals surface area contributed by atoms with Crippen molar-refractivity contribution in [2.24, 2.45) is 17.6 Å². The highest BCUT2D eigenvalue weighted by Gasteiger charge is 2.32. The van der Waals surface area contributed by atoms with E-state index in [9.17, 15) is 9.59 Å². The Morgan fingerprint density at radius 2 is 1.33 bits per heavy atom. The summed E-state index contributed by atoms with van der Waals surface area (Å²) in [5, 5.41) is 0. The molecule has 0 aromatic carbocycles. The van der Waals surface area contributed by atoms with Crippen LogP contribution in [-0.2, 0) is 9.59 Å². The van der Waals surface area contributed by atoms with Crippen molar-refractivity contribution in [3.05, 3.63) is 0 Å². The lowest BCUT2D eigenvalue weighted by Crippen LogP contribution is -2.47. The van der Waals surface area contributed by atoms with Crippen molar-refractivity contribution in [2.45, 2.75) is 104 Å². The van der Waals surface area contributed by atoms with E-state index in [1.54, 1.807) is 4.90 Å². The van der Waals surface area contributed by atoms with Crippen molar-refractivity contribution in [2.75, 3.05) is 0 Å². The van der Waals surface area contributed by atoms with E-state index in [0.717, 1.165) is 51.4 Å². The summed E-state index contributed by atoms with van der Waals surface area (Å²) < 4.78 is 0. The Balaban J connectivity index is 2.70. The Bertz CT molecular complexity index is 363. The van der Waals surface area contributed by atoms with Crippen molar-refractivity contribution < 1.29 is 9.59 Å². The molecule has 1 fully saturated rings. The molecule has 1 rings (SSSR count). The number of amides is 2. The lowest BCUT2D eigenvalue weighted by molar-refractivity contribution is -0.149. The Morgan fingerprint density at radius 3 is 1.71 bits per heavy atom. The van der Waals surface area contributed by atoms with Gasteiger partial charge in [-0.2, -0.15) is 0 Å². The summed E-state index contributed by atoms with van der Waals surface area (Å²) >= 11 is 0. The maximum absolute atomic E-state index is 12.8. The molecule has 4 nitrogen and oxygen atoms in total. The molecule has 24 heavy (non-hydrogen) atoms. The molecule has 0 saturated heterocycles. The van der Waals surface area contributed by atoms with Gasteiger partial charge in [-0.25, -0.2) is 0 Å². The summed E-state index contributed by atoms with van der Waals surface area (Å²) in [4.78, 5) is 27.2. The highest BCUT2D eigenvalue weighted by atomic mass is 16.2. The molecule has 0 radical (unpaired) electrons. The maximum atomic E-state index is 12.8. The Hall–Kier alpha value is -0.900. The standard InChI is InChI=1S/C20H38N2O2/c1-5-15(3)7-13-19(23)22(18-11-9-17(21)10-12-18)20(24)14-8-16(4)6-2/h15-18H,5-14,21H2,1-4H3. The summed E-state index contributed by atoms with van der Waals surface area (Å²) in [6.07, 6.45) is 8.45. The fraction of sp³-hybridized carbons (Fsp3) is 0.900. The zero-order valence-electron chi connectivity index (χ0n) is 16.2. The van der Waals surface area contributed by atoms with Crippen LogP contribution in [0.25, 0.3) is 0 Å². The first kappa shape index (κ1) is 21.1. The minimum atomic E-state index is 0.0323.